The Morgan fingerprint density at radius 2 is 1.94 bits per heavy atom. The molecule has 0 aromatic rings. The highest BCUT2D eigenvalue weighted by Crippen LogP contribution is 2.41. The molecule has 1 aliphatic rings. The SMILES string of the molecule is CC(C)(C)[Si](C)(C)OCC1=CC=C(C=O)SS1. The van der Waals surface area contributed by atoms with Crippen LogP contribution in [0.5, 0.6) is 0 Å². The van der Waals surface area contributed by atoms with E-state index in [2.05, 4.69) is 33.9 Å². The summed E-state index contributed by atoms with van der Waals surface area (Å²) in [7, 11) is 1.46. The van der Waals surface area contributed by atoms with E-state index in [1.54, 1.807) is 10.8 Å². The van der Waals surface area contributed by atoms with Crippen LogP contribution in [0.1, 0.15) is 20.8 Å². The van der Waals surface area contributed by atoms with Crippen molar-refractivity contribution in [2.45, 2.75) is 38.9 Å². The molecule has 0 bridgehead atoms. The van der Waals surface area contributed by atoms with E-state index in [0.29, 0.717) is 6.61 Å². The number of carbonyl (C=O) groups is 1. The Hall–Kier alpha value is 0.0269. The fourth-order valence-corrected chi connectivity index (χ4v) is 3.79. The van der Waals surface area contributed by atoms with Gasteiger partial charge in [0.1, 0.15) is 0 Å². The third kappa shape index (κ3) is 4.32. The van der Waals surface area contributed by atoms with E-state index in [9.17, 15) is 4.79 Å². The topological polar surface area (TPSA) is 26.3 Å². The Bertz CT molecular complexity index is 354. The number of hydrogen-bond donors (Lipinski definition) is 0. The molecule has 0 aromatic carbocycles. The van der Waals surface area contributed by atoms with Gasteiger partial charge in [-0.2, -0.15) is 0 Å². The van der Waals surface area contributed by atoms with Gasteiger partial charge in [-0.25, -0.2) is 0 Å². The van der Waals surface area contributed by atoms with E-state index in [0.717, 1.165) is 11.2 Å². The van der Waals surface area contributed by atoms with Crippen molar-refractivity contribution in [1.82, 2.24) is 0 Å². The molecule has 0 amide bonds. The maximum absolute atomic E-state index is 10.6. The fourth-order valence-electron chi connectivity index (χ4n) is 0.931. The minimum absolute atomic E-state index is 0.240. The van der Waals surface area contributed by atoms with E-state index in [-0.39, 0.29) is 5.04 Å². The van der Waals surface area contributed by atoms with Crippen LogP contribution in [0.25, 0.3) is 0 Å². The van der Waals surface area contributed by atoms with Crippen molar-refractivity contribution in [3.05, 3.63) is 22.0 Å². The Morgan fingerprint density at radius 1 is 1.29 bits per heavy atom. The average molecular weight is 289 g/mol. The molecule has 1 aliphatic heterocycles. The van der Waals surface area contributed by atoms with Gasteiger partial charge in [-0.05, 0) is 41.1 Å². The van der Waals surface area contributed by atoms with Crippen LogP contribution in [0.2, 0.25) is 18.1 Å². The van der Waals surface area contributed by atoms with Crippen LogP contribution in [-0.2, 0) is 9.22 Å². The van der Waals surface area contributed by atoms with E-state index in [1.165, 1.54) is 15.7 Å². The molecule has 0 atom stereocenters. The van der Waals surface area contributed by atoms with Crippen molar-refractivity contribution >= 4 is 36.2 Å². The number of hydrogen-bond acceptors (Lipinski definition) is 4. The maximum atomic E-state index is 10.6. The van der Waals surface area contributed by atoms with E-state index >= 15 is 0 Å². The minimum Gasteiger partial charge on any atom is -0.412 e. The molecule has 0 saturated carbocycles. The second-order valence-electron chi connectivity index (χ2n) is 5.54. The first kappa shape index (κ1) is 15.1. The van der Waals surface area contributed by atoms with Crippen LogP contribution in [-0.4, -0.2) is 21.2 Å². The molecule has 0 N–H and O–H groups in total. The van der Waals surface area contributed by atoms with Gasteiger partial charge in [0.15, 0.2) is 14.6 Å². The van der Waals surface area contributed by atoms with Crippen LogP contribution < -0.4 is 0 Å². The number of allylic oxidation sites excluding steroid dienone is 3. The molecule has 2 nitrogen and oxygen atoms in total. The molecule has 0 fully saturated rings. The molecular formula is C12H20O2S2Si. The molecule has 0 aromatic heterocycles. The van der Waals surface area contributed by atoms with Gasteiger partial charge in [0.05, 0.1) is 11.5 Å². The maximum Gasteiger partial charge on any atom is 0.192 e. The van der Waals surface area contributed by atoms with Gasteiger partial charge in [-0.1, -0.05) is 31.6 Å². The van der Waals surface area contributed by atoms with Crippen molar-refractivity contribution < 1.29 is 9.22 Å². The summed E-state index contributed by atoms with van der Waals surface area (Å²) in [6.07, 6.45) is 4.73. The second kappa shape index (κ2) is 5.78. The van der Waals surface area contributed by atoms with Gasteiger partial charge in [0.25, 0.3) is 0 Å². The summed E-state index contributed by atoms with van der Waals surface area (Å²) in [5, 5.41) is 0.240. The molecule has 1 heterocycles. The summed E-state index contributed by atoms with van der Waals surface area (Å²) in [6, 6.07) is 0. The summed E-state index contributed by atoms with van der Waals surface area (Å²) in [5.41, 5.74) is 0. The van der Waals surface area contributed by atoms with Gasteiger partial charge in [0, 0.05) is 4.91 Å². The largest absolute Gasteiger partial charge is 0.412 e. The summed E-state index contributed by atoms with van der Waals surface area (Å²) in [4.78, 5) is 12.5. The first-order chi connectivity index (χ1) is 7.76. The number of aldehydes is 1. The van der Waals surface area contributed by atoms with Crippen molar-refractivity contribution in [1.29, 1.82) is 0 Å². The third-order valence-electron chi connectivity index (χ3n) is 3.18. The van der Waals surface area contributed by atoms with Crippen LogP contribution in [0.4, 0.5) is 0 Å². The highest BCUT2D eigenvalue weighted by Gasteiger charge is 2.37. The molecule has 0 saturated heterocycles. The zero-order chi connectivity index (χ0) is 13.1. The highest BCUT2D eigenvalue weighted by molar-refractivity contribution is 8.79. The van der Waals surface area contributed by atoms with Gasteiger partial charge >= 0.3 is 0 Å². The highest BCUT2D eigenvalue weighted by atomic mass is 33.1. The summed E-state index contributed by atoms with van der Waals surface area (Å²) >= 11 is 0. The summed E-state index contributed by atoms with van der Waals surface area (Å²) < 4.78 is 6.12. The molecule has 0 aliphatic carbocycles. The normalized spacial score (nSPS) is 17.5. The Kier molecular flexibility index (Phi) is 5.13. The molecule has 1 rings (SSSR count). The minimum atomic E-state index is -1.67. The van der Waals surface area contributed by atoms with Crippen LogP contribution in [0.3, 0.4) is 0 Å². The smallest absolute Gasteiger partial charge is 0.192 e. The van der Waals surface area contributed by atoms with E-state index < -0.39 is 8.32 Å². The van der Waals surface area contributed by atoms with Crippen molar-refractivity contribution in [3.63, 3.8) is 0 Å². The van der Waals surface area contributed by atoms with E-state index in [4.69, 9.17) is 4.43 Å². The van der Waals surface area contributed by atoms with Crippen LogP contribution in [0.15, 0.2) is 22.0 Å². The quantitative estimate of drug-likeness (QED) is 0.436. The lowest BCUT2D eigenvalue weighted by atomic mass is 10.2. The van der Waals surface area contributed by atoms with Crippen molar-refractivity contribution in [2.24, 2.45) is 0 Å². The van der Waals surface area contributed by atoms with Crippen molar-refractivity contribution in [2.75, 3.05) is 6.61 Å². The second-order valence-corrected chi connectivity index (χ2v) is 12.7. The molecule has 0 unspecified atom stereocenters. The molecule has 0 radical (unpaired) electrons. The van der Waals surface area contributed by atoms with Crippen LogP contribution >= 0.6 is 21.6 Å². The molecule has 17 heavy (non-hydrogen) atoms. The molecular weight excluding hydrogens is 268 g/mol. The first-order valence-corrected chi connectivity index (χ1v) is 10.7. The summed E-state index contributed by atoms with van der Waals surface area (Å²) in [5.74, 6) is 0. The van der Waals surface area contributed by atoms with Gasteiger partial charge in [0.2, 0.25) is 0 Å². The lowest BCUT2D eigenvalue weighted by molar-refractivity contribution is -0.104. The Labute approximate surface area is 113 Å². The standard InChI is InChI=1S/C12H20O2S2Si/c1-12(2,3)17(4,5)14-9-11-7-6-10(8-13)15-16-11/h6-8H,9H2,1-5H3. The predicted octanol–water partition coefficient (Wildman–Crippen LogP) is 4.37. The predicted molar refractivity (Wildman–Crippen MR) is 80.6 cm³/mol. The number of rotatable bonds is 4. The molecule has 96 valence electrons. The lowest BCUT2D eigenvalue weighted by Gasteiger charge is -2.36. The van der Waals surface area contributed by atoms with Gasteiger partial charge in [-0.15, -0.1) is 0 Å². The van der Waals surface area contributed by atoms with Gasteiger partial charge in [-0.3, -0.25) is 4.79 Å². The molecule has 0 spiro atoms. The van der Waals surface area contributed by atoms with Crippen LogP contribution in [0, 0.1) is 0 Å². The zero-order valence-corrected chi connectivity index (χ0v) is 13.7. The average Bonchev–Trinajstić information content (AvgIpc) is 2.25. The summed E-state index contributed by atoms with van der Waals surface area (Å²) in [6.45, 7) is 11.9. The lowest BCUT2D eigenvalue weighted by Crippen LogP contribution is -2.41. The Morgan fingerprint density at radius 3 is 2.35 bits per heavy atom. The molecule has 5 heteroatoms. The third-order valence-corrected chi connectivity index (χ3v) is 10.1. The fraction of sp³-hybridized carbons (Fsp3) is 0.583. The zero-order valence-electron chi connectivity index (χ0n) is 11.1. The number of carbonyl (C=O) groups excluding carboxylic acids is 1. The monoisotopic (exact) mass is 288 g/mol. The van der Waals surface area contributed by atoms with Gasteiger partial charge < -0.3 is 4.43 Å². The first-order valence-electron chi connectivity index (χ1n) is 5.61. The van der Waals surface area contributed by atoms with Crippen molar-refractivity contribution in [3.8, 4) is 0 Å². The van der Waals surface area contributed by atoms with E-state index in [1.807, 2.05) is 12.2 Å². The Balaban J connectivity index is 2.56.